The third-order valence-corrected chi connectivity index (χ3v) is 3.52. The smallest absolute Gasteiger partial charge is 0.306 e. The van der Waals surface area contributed by atoms with Crippen molar-refractivity contribution in [3.8, 4) is 5.75 Å². The van der Waals surface area contributed by atoms with E-state index in [-0.39, 0.29) is 17.7 Å². The maximum Gasteiger partial charge on any atom is 0.306 e. The third kappa shape index (κ3) is 5.31. The average molecular weight is 342 g/mol. The van der Waals surface area contributed by atoms with E-state index in [0.717, 1.165) is 5.56 Å². The zero-order valence-corrected chi connectivity index (χ0v) is 14.5. The number of hydrogen-bond donors (Lipinski definition) is 2. The molecule has 1 amide bonds. The largest absolute Gasteiger partial charge is 0.489 e. The van der Waals surface area contributed by atoms with Crippen LogP contribution in [-0.4, -0.2) is 28.1 Å². The Morgan fingerprint density at radius 3 is 2.44 bits per heavy atom. The highest BCUT2D eigenvalue weighted by atomic mass is 16.5. The summed E-state index contributed by atoms with van der Waals surface area (Å²) in [5, 5.41) is 11.7. The lowest BCUT2D eigenvalue weighted by atomic mass is 10.0. The number of benzene rings is 1. The van der Waals surface area contributed by atoms with Crippen LogP contribution >= 0.6 is 0 Å². The maximum absolute atomic E-state index is 12.4. The minimum absolute atomic E-state index is 0.0636. The van der Waals surface area contributed by atoms with Gasteiger partial charge in [0, 0.05) is 11.9 Å². The van der Waals surface area contributed by atoms with Gasteiger partial charge < -0.3 is 15.2 Å². The van der Waals surface area contributed by atoms with Gasteiger partial charge in [-0.1, -0.05) is 19.1 Å². The predicted octanol–water partition coefficient (Wildman–Crippen LogP) is 3.38. The van der Waals surface area contributed by atoms with Crippen molar-refractivity contribution in [2.24, 2.45) is 5.92 Å². The number of carbonyl (C=O) groups excluding carboxylic acids is 1. The lowest BCUT2D eigenvalue weighted by Crippen LogP contribution is -2.17. The number of nitrogens with zero attached hydrogens (tertiary/aromatic N) is 1. The van der Waals surface area contributed by atoms with Crippen LogP contribution in [0, 0.1) is 5.92 Å². The van der Waals surface area contributed by atoms with Crippen molar-refractivity contribution < 1.29 is 19.4 Å². The van der Waals surface area contributed by atoms with Crippen LogP contribution in [0.5, 0.6) is 5.75 Å². The van der Waals surface area contributed by atoms with Crippen LogP contribution in [0.3, 0.4) is 0 Å². The molecule has 0 bridgehead atoms. The molecular formula is C19H22N2O4. The number of hydrogen-bond acceptors (Lipinski definition) is 4. The number of carboxylic acid groups (broad SMARTS) is 1. The van der Waals surface area contributed by atoms with Crippen LogP contribution in [0.25, 0.3) is 0 Å². The summed E-state index contributed by atoms with van der Waals surface area (Å²) in [7, 11) is 0. The zero-order chi connectivity index (χ0) is 18.4. The summed E-state index contributed by atoms with van der Waals surface area (Å²) in [4.78, 5) is 27.4. The molecule has 1 aromatic heterocycles. The molecule has 0 spiro atoms. The molecule has 25 heavy (non-hydrogen) atoms. The monoisotopic (exact) mass is 342 g/mol. The lowest BCUT2D eigenvalue weighted by Gasteiger charge is -2.13. The fourth-order valence-corrected chi connectivity index (χ4v) is 2.27. The molecule has 0 aliphatic rings. The number of ether oxygens (including phenoxy) is 1. The maximum atomic E-state index is 12.4. The highest BCUT2D eigenvalue weighted by Gasteiger charge is 2.16. The third-order valence-electron chi connectivity index (χ3n) is 3.52. The highest BCUT2D eigenvalue weighted by molar-refractivity contribution is 6.04. The van der Waals surface area contributed by atoms with Gasteiger partial charge in [-0.15, -0.1) is 0 Å². The lowest BCUT2D eigenvalue weighted by molar-refractivity contribution is -0.141. The number of pyridine rings is 1. The van der Waals surface area contributed by atoms with E-state index < -0.39 is 11.9 Å². The topological polar surface area (TPSA) is 88.5 Å². The van der Waals surface area contributed by atoms with Crippen LogP contribution in [0.2, 0.25) is 0 Å². The standard InChI is InChI=1S/C19H22N2O4/c1-12(2)25-16-5-4-10-20-17(16)18(22)21-15-8-6-14(7-9-15)11-13(3)19(23)24/h4-10,12-13H,11H2,1-3H3,(H,21,22)(H,23,24). The van der Waals surface area contributed by atoms with Gasteiger partial charge in [-0.2, -0.15) is 0 Å². The number of nitrogens with one attached hydrogen (secondary N) is 1. The molecule has 6 nitrogen and oxygen atoms in total. The van der Waals surface area contributed by atoms with Crippen LogP contribution < -0.4 is 10.1 Å². The first kappa shape index (κ1) is 18.4. The first-order valence-electron chi connectivity index (χ1n) is 8.11. The summed E-state index contributed by atoms with van der Waals surface area (Å²) in [5.41, 5.74) is 1.73. The van der Waals surface area contributed by atoms with Gasteiger partial charge in [0.25, 0.3) is 5.91 Å². The summed E-state index contributed by atoms with van der Waals surface area (Å²) in [5.74, 6) is -1.21. The van der Waals surface area contributed by atoms with E-state index >= 15 is 0 Å². The molecule has 1 aromatic carbocycles. The van der Waals surface area contributed by atoms with Gasteiger partial charge >= 0.3 is 5.97 Å². The highest BCUT2D eigenvalue weighted by Crippen LogP contribution is 2.19. The van der Waals surface area contributed by atoms with E-state index in [2.05, 4.69) is 10.3 Å². The van der Waals surface area contributed by atoms with Crippen LogP contribution in [-0.2, 0) is 11.2 Å². The number of rotatable bonds is 7. The Hall–Kier alpha value is -2.89. The van der Waals surface area contributed by atoms with Crippen molar-refractivity contribution in [2.45, 2.75) is 33.3 Å². The molecule has 0 fully saturated rings. The van der Waals surface area contributed by atoms with E-state index in [1.165, 1.54) is 0 Å². The molecule has 0 saturated carbocycles. The van der Waals surface area contributed by atoms with Crippen LogP contribution in [0.4, 0.5) is 5.69 Å². The Balaban J connectivity index is 2.07. The first-order valence-corrected chi connectivity index (χ1v) is 8.11. The van der Waals surface area contributed by atoms with E-state index in [0.29, 0.717) is 17.9 Å². The van der Waals surface area contributed by atoms with E-state index in [1.807, 2.05) is 13.8 Å². The fourth-order valence-electron chi connectivity index (χ4n) is 2.27. The number of carboxylic acids is 1. The zero-order valence-electron chi connectivity index (χ0n) is 14.5. The van der Waals surface area contributed by atoms with Gasteiger partial charge in [-0.25, -0.2) is 4.98 Å². The summed E-state index contributed by atoms with van der Waals surface area (Å²) >= 11 is 0. The van der Waals surface area contributed by atoms with Crippen molar-refractivity contribution >= 4 is 17.6 Å². The Morgan fingerprint density at radius 2 is 1.84 bits per heavy atom. The van der Waals surface area contributed by atoms with Crippen molar-refractivity contribution in [1.82, 2.24) is 4.98 Å². The van der Waals surface area contributed by atoms with Gasteiger partial charge in [0.2, 0.25) is 0 Å². The van der Waals surface area contributed by atoms with Gasteiger partial charge in [0.15, 0.2) is 11.4 Å². The first-order chi connectivity index (χ1) is 11.9. The molecule has 6 heteroatoms. The van der Waals surface area contributed by atoms with Gasteiger partial charge in [-0.3, -0.25) is 9.59 Å². The van der Waals surface area contributed by atoms with Crippen molar-refractivity contribution in [3.05, 3.63) is 53.9 Å². The number of carbonyl (C=O) groups is 2. The van der Waals surface area contributed by atoms with Gasteiger partial charge in [0.05, 0.1) is 12.0 Å². The number of aromatic nitrogens is 1. The van der Waals surface area contributed by atoms with Crippen molar-refractivity contribution in [2.75, 3.05) is 5.32 Å². The summed E-state index contributed by atoms with van der Waals surface area (Å²) in [6.07, 6.45) is 1.92. The van der Waals surface area contributed by atoms with E-state index in [9.17, 15) is 9.59 Å². The number of amides is 1. The van der Waals surface area contributed by atoms with Gasteiger partial charge in [-0.05, 0) is 50.1 Å². The summed E-state index contributed by atoms with van der Waals surface area (Å²) < 4.78 is 5.61. The molecule has 0 aliphatic carbocycles. The number of aliphatic carboxylic acids is 1. The van der Waals surface area contributed by atoms with Crippen LogP contribution in [0.15, 0.2) is 42.6 Å². The predicted molar refractivity (Wildman–Crippen MR) is 94.9 cm³/mol. The second-order valence-corrected chi connectivity index (χ2v) is 6.11. The second-order valence-electron chi connectivity index (χ2n) is 6.11. The molecule has 0 radical (unpaired) electrons. The SMILES string of the molecule is CC(C)Oc1cccnc1C(=O)Nc1ccc(CC(C)C(=O)O)cc1. The molecule has 0 aliphatic heterocycles. The molecule has 2 rings (SSSR count). The Kier molecular flexibility index (Phi) is 6.11. The number of anilines is 1. The normalized spacial score (nSPS) is 11.8. The van der Waals surface area contributed by atoms with E-state index in [4.69, 9.17) is 9.84 Å². The summed E-state index contributed by atoms with van der Waals surface area (Å²) in [6, 6.07) is 10.5. The Bertz CT molecular complexity index is 741. The molecule has 1 unspecified atom stereocenters. The van der Waals surface area contributed by atoms with Crippen molar-refractivity contribution in [3.63, 3.8) is 0 Å². The second kappa shape index (κ2) is 8.28. The summed E-state index contributed by atoms with van der Waals surface area (Å²) in [6.45, 7) is 5.42. The molecule has 132 valence electrons. The molecule has 2 aromatic rings. The molecule has 0 saturated heterocycles. The molecule has 1 atom stereocenters. The quantitative estimate of drug-likeness (QED) is 0.805. The van der Waals surface area contributed by atoms with Crippen LogP contribution in [0.1, 0.15) is 36.8 Å². The fraction of sp³-hybridized carbons (Fsp3) is 0.316. The molecule has 1 heterocycles. The minimum Gasteiger partial charge on any atom is -0.489 e. The molecular weight excluding hydrogens is 320 g/mol. The molecule has 2 N–H and O–H groups in total. The Labute approximate surface area is 146 Å². The minimum atomic E-state index is -0.829. The van der Waals surface area contributed by atoms with Crippen molar-refractivity contribution in [1.29, 1.82) is 0 Å². The Morgan fingerprint density at radius 1 is 1.16 bits per heavy atom. The average Bonchev–Trinajstić information content (AvgIpc) is 2.56. The van der Waals surface area contributed by atoms with Gasteiger partial charge in [0.1, 0.15) is 0 Å². The van der Waals surface area contributed by atoms with E-state index in [1.54, 1.807) is 49.5 Å².